The van der Waals surface area contributed by atoms with Gasteiger partial charge in [0.05, 0.1) is 11.4 Å². The molecule has 3 nitrogen and oxygen atoms in total. The van der Waals surface area contributed by atoms with Crippen LogP contribution in [0.4, 0.5) is 11.4 Å². The van der Waals surface area contributed by atoms with Crippen LogP contribution >= 0.6 is 15.9 Å². The standard InChI is InChI=1S/C12H18BrN3/c1-2-4-16-5-3-8-9(7-16)10(13)6-11(14)12(8)15/h6H,2-5,7,14-15H2,1H3. The first kappa shape index (κ1) is 11.7. The van der Waals surface area contributed by atoms with Crippen LogP contribution in [0.5, 0.6) is 0 Å². The topological polar surface area (TPSA) is 55.3 Å². The molecule has 1 aliphatic heterocycles. The SMILES string of the molecule is CCCN1CCc2c(N)c(N)cc(Br)c2C1. The molecule has 0 saturated carbocycles. The van der Waals surface area contributed by atoms with Crippen LogP contribution < -0.4 is 11.5 Å². The number of nitrogens with two attached hydrogens (primary N) is 2. The predicted molar refractivity (Wildman–Crippen MR) is 72.2 cm³/mol. The minimum Gasteiger partial charge on any atom is -0.397 e. The van der Waals surface area contributed by atoms with E-state index in [2.05, 4.69) is 27.8 Å². The Bertz CT molecular complexity index is 404. The molecule has 0 amide bonds. The third-order valence-corrected chi connectivity index (χ3v) is 3.88. The summed E-state index contributed by atoms with van der Waals surface area (Å²) in [6.07, 6.45) is 2.20. The highest BCUT2D eigenvalue weighted by Gasteiger charge is 2.21. The maximum Gasteiger partial charge on any atom is 0.0584 e. The van der Waals surface area contributed by atoms with Crippen molar-refractivity contribution in [3.8, 4) is 0 Å². The monoisotopic (exact) mass is 283 g/mol. The number of fused-ring (bicyclic) bond motifs is 1. The molecule has 0 unspecified atom stereocenters. The molecule has 0 saturated heterocycles. The molecule has 4 N–H and O–H groups in total. The van der Waals surface area contributed by atoms with E-state index >= 15 is 0 Å². The van der Waals surface area contributed by atoms with Gasteiger partial charge in [0.15, 0.2) is 0 Å². The van der Waals surface area contributed by atoms with Crippen LogP contribution in [-0.4, -0.2) is 18.0 Å². The highest BCUT2D eigenvalue weighted by Crippen LogP contribution is 2.34. The Balaban J connectivity index is 2.35. The van der Waals surface area contributed by atoms with E-state index in [0.29, 0.717) is 5.69 Å². The molecule has 0 radical (unpaired) electrons. The predicted octanol–water partition coefficient (Wildman–Crippen LogP) is 2.38. The number of benzene rings is 1. The summed E-state index contributed by atoms with van der Waals surface area (Å²) in [6, 6.07) is 1.92. The van der Waals surface area contributed by atoms with Crippen molar-refractivity contribution in [2.75, 3.05) is 24.6 Å². The second kappa shape index (κ2) is 4.63. The van der Waals surface area contributed by atoms with E-state index in [4.69, 9.17) is 11.5 Å². The van der Waals surface area contributed by atoms with Crippen LogP contribution in [-0.2, 0) is 13.0 Å². The minimum absolute atomic E-state index is 0.689. The molecule has 1 aliphatic rings. The quantitative estimate of drug-likeness (QED) is 0.820. The van der Waals surface area contributed by atoms with Gasteiger partial charge < -0.3 is 11.5 Å². The molecule has 88 valence electrons. The van der Waals surface area contributed by atoms with Crippen molar-refractivity contribution in [2.45, 2.75) is 26.3 Å². The van der Waals surface area contributed by atoms with Crippen LogP contribution in [0, 0.1) is 0 Å². The average molecular weight is 284 g/mol. The van der Waals surface area contributed by atoms with Gasteiger partial charge in [-0.15, -0.1) is 0 Å². The van der Waals surface area contributed by atoms with Gasteiger partial charge in [0.1, 0.15) is 0 Å². The maximum atomic E-state index is 6.03. The molecule has 0 atom stereocenters. The lowest BCUT2D eigenvalue weighted by molar-refractivity contribution is 0.254. The molecular weight excluding hydrogens is 266 g/mol. The fourth-order valence-electron chi connectivity index (χ4n) is 2.32. The summed E-state index contributed by atoms with van der Waals surface area (Å²) in [6.45, 7) is 5.42. The molecule has 4 heteroatoms. The lowest BCUT2D eigenvalue weighted by Gasteiger charge is -2.30. The third kappa shape index (κ3) is 2.04. The van der Waals surface area contributed by atoms with Crippen LogP contribution in [0.3, 0.4) is 0 Å². The molecule has 1 heterocycles. The van der Waals surface area contributed by atoms with Crippen LogP contribution in [0.15, 0.2) is 10.5 Å². The van der Waals surface area contributed by atoms with Gasteiger partial charge in [0.25, 0.3) is 0 Å². The summed E-state index contributed by atoms with van der Waals surface area (Å²) in [4.78, 5) is 2.46. The van der Waals surface area contributed by atoms with E-state index in [1.54, 1.807) is 0 Å². The minimum atomic E-state index is 0.689. The molecule has 0 aliphatic carbocycles. The second-order valence-corrected chi connectivity index (χ2v) is 5.20. The Labute approximate surface area is 105 Å². The lowest BCUT2D eigenvalue weighted by atomic mass is 9.97. The van der Waals surface area contributed by atoms with Crippen molar-refractivity contribution >= 4 is 27.3 Å². The summed E-state index contributed by atoms with van der Waals surface area (Å²) >= 11 is 3.58. The Morgan fingerprint density at radius 2 is 2.12 bits per heavy atom. The van der Waals surface area contributed by atoms with Crippen molar-refractivity contribution < 1.29 is 0 Å². The van der Waals surface area contributed by atoms with E-state index in [-0.39, 0.29) is 0 Å². The van der Waals surface area contributed by atoms with Crippen molar-refractivity contribution in [3.63, 3.8) is 0 Å². The molecule has 0 bridgehead atoms. The van der Waals surface area contributed by atoms with E-state index < -0.39 is 0 Å². The largest absolute Gasteiger partial charge is 0.397 e. The maximum absolute atomic E-state index is 6.03. The van der Waals surface area contributed by atoms with E-state index in [1.165, 1.54) is 17.5 Å². The van der Waals surface area contributed by atoms with E-state index in [0.717, 1.165) is 36.2 Å². The molecule has 0 spiro atoms. The lowest BCUT2D eigenvalue weighted by Crippen LogP contribution is -2.32. The first-order valence-corrected chi connectivity index (χ1v) is 6.50. The smallest absolute Gasteiger partial charge is 0.0584 e. The van der Waals surface area contributed by atoms with Crippen LogP contribution in [0.25, 0.3) is 0 Å². The highest BCUT2D eigenvalue weighted by molar-refractivity contribution is 9.10. The van der Waals surface area contributed by atoms with Gasteiger partial charge in [-0.1, -0.05) is 22.9 Å². The van der Waals surface area contributed by atoms with E-state index in [9.17, 15) is 0 Å². The average Bonchev–Trinajstić information content (AvgIpc) is 2.27. The van der Waals surface area contributed by atoms with Crippen molar-refractivity contribution in [1.82, 2.24) is 4.90 Å². The number of nitrogens with zero attached hydrogens (tertiary/aromatic N) is 1. The Morgan fingerprint density at radius 1 is 1.38 bits per heavy atom. The molecule has 2 rings (SSSR count). The number of nitrogen functional groups attached to an aromatic ring is 2. The molecule has 1 aromatic rings. The molecule has 0 aromatic heterocycles. The number of anilines is 2. The van der Waals surface area contributed by atoms with Crippen LogP contribution in [0.1, 0.15) is 24.5 Å². The normalized spacial score (nSPS) is 16.1. The summed E-state index contributed by atoms with van der Waals surface area (Å²) in [5, 5.41) is 0. The first-order chi connectivity index (χ1) is 7.63. The summed E-state index contributed by atoms with van der Waals surface area (Å²) in [7, 11) is 0. The molecule has 0 fully saturated rings. The second-order valence-electron chi connectivity index (χ2n) is 4.34. The van der Waals surface area contributed by atoms with Gasteiger partial charge in [-0.05, 0) is 36.6 Å². The summed E-state index contributed by atoms with van der Waals surface area (Å²) < 4.78 is 1.09. The highest BCUT2D eigenvalue weighted by atomic mass is 79.9. The van der Waals surface area contributed by atoms with Crippen LogP contribution in [0.2, 0.25) is 0 Å². The number of halogens is 1. The zero-order valence-corrected chi connectivity index (χ0v) is 11.2. The van der Waals surface area contributed by atoms with Crippen molar-refractivity contribution in [3.05, 3.63) is 21.7 Å². The number of hydrogen-bond donors (Lipinski definition) is 2. The van der Waals surface area contributed by atoms with Gasteiger partial charge in [0, 0.05) is 17.6 Å². The number of hydrogen-bond acceptors (Lipinski definition) is 3. The van der Waals surface area contributed by atoms with Gasteiger partial charge in [0.2, 0.25) is 0 Å². The first-order valence-electron chi connectivity index (χ1n) is 5.71. The molecule has 1 aromatic carbocycles. The molecule has 16 heavy (non-hydrogen) atoms. The van der Waals surface area contributed by atoms with Gasteiger partial charge in [-0.2, -0.15) is 0 Å². The van der Waals surface area contributed by atoms with Crippen molar-refractivity contribution in [1.29, 1.82) is 0 Å². The Morgan fingerprint density at radius 3 is 2.81 bits per heavy atom. The Kier molecular flexibility index (Phi) is 3.40. The summed E-state index contributed by atoms with van der Waals surface area (Å²) in [5.41, 5.74) is 15.9. The molecular formula is C12H18BrN3. The fraction of sp³-hybridized carbons (Fsp3) is 0.500. The van der Waals surface area contributed by atoms with Gasteiger partial charge in [-0.25, -0.2) is 0 Å². The third-order valence-electron chi connectivity index (χ3n) is 3.17. The van der Waals surface area contributed by atoms with Gasteiger partial charge in [-0.3, -0.25) is 4.90 Å². The van der Waals surface area contributed by atoms with E-state index in [1.807, 2.05) is 6.07 Å². The van der Waals surface area contributed by atoms with Crippen molar-refractivity contribution in [2.24, 2.45) is 0 Å². The zero-order valence-electron chi connectivity index (χ0n) is 9.59. The van der Waals surface area contributed by atoms with Gasteiger partial charge >= 0.3 is 0 Å². The summed E-state index contributed by atoms with van der Waals surface area (Å²) in [5.74, 6) is 0. The fourth-order valence-corrected chi connectivity index (χ4v) is 2.93. The zero-order chi connectivity index (χ0) is 11.7. The number of rotatable bonds is 2. The Hall–Kier alpha value is -0.740.